The SMILES string of the molecule is Cc1ccc(SCCC(=O)N(Cc2ccccc2C)[C@H](Cc2ccccc2)C(=O)NCC(C)C)cc1. The fourth-order valence-corrected chi connectivity index (χ4v) is 4.82. The lowest BCUT2D eigenvalue weighted by atomic mass is 10.0. The summed E-state index contributed by atoms with van der Waals surface area (Å²) in [5, 5.41) is 3.09. The van der Waals surface area contributed by atoms with E-state index in [0.29, 0.717) is 37.6 Å². The van der Waals surface area contributed by atoms with E-state index >= 15 is 0 Å². The Hall–Kier alpha value is -3.05. The number of thioether (sulfide) groups is 1. The number of carbonyl (C=O) groups excluding carboxylic acids is 2. The van der Waals surface area contributed by atoms with E-state index in [1.54, 1.807) is 16.7 Å². The minimum Gasteiger partial charge on any atom is -0.354 e. The highest BCUT2D eigenvalue weighted by molar-refractivity contribution is 7.99. The van der Waals surface area contributed by atoms with Gasteiger partial charge in [0.2, 0.25) is 11.8 Å². The second-order valence-corrected chi connectivity index (χ2v) is 10.9. The number of aryl methyl sites for hydroxylation is 2. The zero-order valence-electron chi connectivity index (χ0n) is 21.9. The molecule has 3 aromatic carbocycles. The average Bonchev–Trinajstić information content (AvgIpc) is 2.87. The molecule has 1 atom stereocenters. The van der Waals surface area contributed by atoms with Crippen LogP contribution in [-0.4, -0.2) is 35.1 Å². The molecule has 0 fully saturated rings. The summed E-state index contributed by atoms with van der Waals surface area (Å²) in [5.74, 6) is 0.898. The number of rotatable bonds is 12. The van der Waals surface area contributed by atoms with Crippen molar-refractivity contribution < 1.29 is 9.59 Å². The van der Waals surface area contributed by atoms with Gasteiger partial charge in [-0.3, -0.25) is 9.59 Å². The maximum absolute atomic E-state index is 13.7. The van der Waals surface area contributed by atoms with Crippen LogP contribution in [0.2, 0.25) is 0 Å². The van der Waals surface area contributed by atoms with Gasteiger partial charge in [0.1, 0.15) is 6.04 Å². The fraction of sp³-hybridized carbons (Fsp3) is 0.355. The van der Waals surface area contributed by atoms with Gasteiger partial charge in [-0.2, -0.15) is 0 Å². The second kappa shape index (κ2) is 13.9. The van der Waals surface area contributed by atoms with Gasteiger partial charge in [0, 0.05) is 36.6 Å². The average molecular weight is 503 g/mol. The van der Waals surface area contributed by atoms with Gasteiger partial charge in [-0.15, -0.1) is 11.8 Å². The molecule has 0 heterocycles. The molecule has 3 aromatic rings. The first-order valence-electron chi connectivity index (χ1n) is 12.7. The number of benzene rings is 3. The smallest absolute Gasteiger partial charge is 0.243 e. The molecule has 0 unspecified atom stereocenters. The van der Waals surface area contributed by atoms with E-state index in [9.17, 15) is 9.59 Å². The van der Waals surface area contributed by atoms with Gasteiger partial charge in [-0.25, -0.2) is 0 Å². The summed E-state index contributed by atoms with van der Waals surface area (Å²) >= 11 is 1.67. The molecule has 2 amide bonds. The van der Waals surface area contributed by atoms with Gasteiger partial charge in [-0.1, -0.05) is 86.1 Å². The van der Waals surface area contributed by atoms with Crippen molar-refractivity contribution in [2.24, 2.45) is 5.92 Å². The highest BCUT2D eigenvalue weighted by Gasteiger charge is 2.30. The fourth-order valence-electron chi connectivity index (χ4n) is 3.98. The van der Waals surface area contributed by atoms with Gasteiger partial charge >= 0.3 is 0 Å². The van der Waals surface area contributed by atoms with Crippen LogP contribution in [0.25, 0.3) is 0 Å². The number of hydrogen-bond donors (Lipinski definition) is 1. The molecular weight excluding hydrogens is 464 g/mol. The molecule has 4 nitrogen and oxygen atoms in total. The topological polar surface area (TPSA) is 49.4 Å². The largest absolute Gasteiger partial charge is 0.354 e. The molecule has 0 aromatic heterocycles. The Balaban J connectivity index is 1.84. The maximum Gasteiger partial charge on any atom is 0.243 e. The molecule has 0 aliphatic carbocycles. The van der Waals surface area contributed by atoms with Crippen molar-refractivity contribution in [3.63, 3.8) is 0 Å². The van der Waals surface area contributed by atoms with Crippen LogP contribution < -0.4 is 5.32 Å². The van der Waals surface area contributed by atoms with Crippen LogP contribution in [0.5, 0.6) is 0 Å². The van der Waals surface area contributed by atoms with E-state index in [1.807, 2.05) is 48.5 Å². The normalized spacial score (nSPS) is 11.8. The minimum absolute atomic E-state index is 0.00140. The lowest BCUT2D eigenvalue weighted by Gasteiger charge is -2.32. The number of carbonyl (C=O) groups is 2. The summed E-state index contributed by atoms with van der Waals surface area (Å²) in [5.41, 5.74) is 4.44. The third kappa shape index (κ3) is 8.56. The molecule has 190 valence electrons. The van der Waals surface area contributed by atoms with Crippen molar-refractivity contribution in [1.29, 1.82) is 0 Å². The lowest BCUT2D eigenvalue weighted by Crippen LogP contribution is -2.51. The van der Waals surface area contributed by atoms with E-state index in [4.69, 9.17) is 0 Å². The van der Waals surface area contributed by atoms with E-state index in [2.05, 4.69) is 63.3 Å². The van der Waals surface area contributed by atoms with E-state index in [-0.39, 0.29) is 11.8 Å². The summed E-state index contributed by atoms with van der Waals surface area (Å²) in [6, 6.07) is 25.8. The third-order valence-electron chi connectivity index (χ3n) is 6.16. The monoisotopic (exact) mass is 502 g/mol. The Kier molecular flexibility index (Phi) is 10.6. The first kappa shape index (κ1) is 27.5. The highest BCUT2D eigenvalue weighted by Crippen LogP contribution is 2.22. The second-order valence-electron chi connectivity index (χ2n) is 9.70. The van der Waals surface area contributed by atoms with Crippen LogP contribution in [0.15, 0.2) is 83.8 Å². The number of nitrogens with one attached hydrogen (secondary N) is 1. The summed E-state index contributed by atoms with van der Waals surface area (Å²) in [6.07, 6.45) is 0.848. The summed E-state index contributed by atoms with van der Waals surface area (Å²) in [7, 11) is 0. The zero-order valence-corrected chi connectivity index (χ0v) is 22.7. The highest BCUT2D eigenvalue weighted by atomic mass is 32.2. The van der Waals surface area contributed by atoms with Crippen LogP contribution in [-0.2, 0) is 22.6 Å². The minimum atomic E-state index is -0.581. The summed E-state index contributed by atoms with van der Waals surface area (Å²) in [6.45, 7) is 9.26. The van der Waals surface area contributed by atoms with Crippen LogP contribution >= 0.6 is 11.8 Å². The quantitative estimate of drug-likeness (QED) is 0.300. The van der Waals surface area contributed by atoms with Gasteiger partial charge in [-0.05, 0) is 48.6 Å². The van der Waals surface area contributed by atoms with Crippen molar-refractivity contribution in [3.05, 3.63) is 101 Å². The third-order valence-corrected chi connectivity index (χ3v) is 7.18. The van der Waals surface area contributed by atoms with Gasteiger partial charge in [0.05, 0.1) is 0 Å². The molecule has 5 heteroatoms. The molecule has 36 heavy (non-hydrogen) atoms. The predicted octanol–water partition coefficient (Wildman–Crippen LogP) is 6.20. The van der Waals surface area contributed by atoms with Crippen LogP contribution in [0.3, 0.4) is 0 Å². The maximum atomic E-state index is 13.7. The molecule has 0 saturated heterocycles. The van der Waals surface area contributed by atoms with Crippen molar-refractivity contribution in [2.45, 2.75) is 58.0 Å². The Morgan fingerprint density at radius 2 is 1.56 bits per heavy atom. The molecule has 0 spiro atoms. The van der Waals surface area contributed by atoms with Crippen molar-refractivity contribution in [3.8, 4) is 0 Å². The van der Waals surface area contributed by atoms with E-state index in [0.717, 1.165) is 21.6 Å². The summed E-state index contributed by atoms with van der Waals surface area (Å²) in [4.78, 5) is 30.1. The molecule has 0 aliphatic heterocycles. The predicted molar refractivity (Wildman–Crippen MR) is 150 cm³/mol. The number of nitrogens with zero attached hydrogens (tertiary/aromatic N) is 1. The van der Waals surface area contributed by atoms with E-state index in [1.165, 1.54) is 5.56 Å². The Morgan fingerprint density at radius 1 is 0.889 bits per heavy atom. The van der Waals surface area contributed by atoms with Gasteiger partial charge in [0.25, 0.3) is 0 Å². The molecular formula is C31H38N2O2S. The van der Waals surface area contributed by atoms with Gasteiger partial charge in [0.15, 0.2) is 0 Å². The van der Waals surface area contributed by atoms with Crippen LogP contribution in [0.4, 0.5) is 0 Å². The van der Waals surface area contributed by atoms with Crippen molar-refractivity contribution in [2.75, 3.05) is 12.3 Å². The van der Waals surface area contributed by atoms with Crippen molar-refractivity contribution >= 4 is 23.6 Å². The summed E-state index contributed by atoms with van der Waals surface area (Å²) < 4.78 is 0. The van der Waals surface area contributed by atoms with E-state index < -0.39 is 6.04 Å². The first-order valence-corrected chi connectivity index (χ1v) is 13.7. The number of hydrogen-bond acceptors (Lipinski definition) is 3. The first-order chi connectivity index (χ1) is 17.3. The molecule has 0 radical (unpaired) electrons. The van der Waals surface area contributed by atoms with Crippen LogP contribution in [0, 0.1) is 19.8 Å². The molecule has 0 bridgehead atoms. The van der Waals surface area contributed by atoms with Crippen LogP contribution in [0.1, 0.15) is 42.5 Å². The molecule has 3 rings (SSSR count). The van der Waals surface area contributed by atoms with Gasteiger partial charge < -0.3 is 10.2 Å². The standard InChI is InChI=1S/C31H38N2O2S/c1-23(2)21-32-31(35)29(20-26-11-6-5-7-12-26)33(22-27-13-9-8-10-25(27)4)30(34)18-19-36-28-16-14-24(3)15-17-28/h5-17,23,29H,18-22H2,1-4H3,(H,32,35)/t29-/m1/s1. The number of amides is 2. The van der Waals surface area contributed by atoms with Crippen molar-refractivity contribution in [1.82, 2.24) is 10.2 Å². The Labute approximate surface area is 220 Å². The Bertz CT molecular complexity index is 1110. The lowest BCUT2D eigenvalue weighted by molar-refractivity contribution is -0.141. The Morgan fingerprint density at radius 3 is 2.22 bits per heavy atom. The molecule has 0 aliphatic rings. The molecule has 1 N–H and O–H groups in total. The molecule has 0 saturated carbocycles. The zero-order chi connectivity index (χ0) is 25.9.